The van der Waals surface area contributed by atoms with Crippen molar-refractivity contribution in [3.05, 3.63) is 34.4 Å². The Morgan fingerprint density at radius 1 is 0.938 bits per heavy atom. The van der Waals surface area contributed by atoms with Crippen LogP contribution < -0.4 is 0 Å². The van der Waals surface area contributed by atoms with E-state index in [9.17, 15) is 0 Å². The Kier molecular flexibility index (Phi) is 5.01. The van der Waals surface area contributed by atoms with Crippen LogP contribution in [0.1, 0.15) is 36.1 Å². The molecular weight excluding hydrogens is 194 g/mol. The molecule has 0 N–H and O–H groups in total. The lowest BCUT2D eigenvalue weighted by Gasteiger charge is -2.19. The van der Waals surface area contributed by atoms with Gasteiger partial charge in [-0.2, -0.15) is 0 Å². The number of rotatable bonds is 5. The van der Waals surface area contributed by atoms with Gasteiger partial charge in [0.1, 0.15) is 0 Å². The highest BCUT2D eigenvalue weighted by molar-refractivity contribution is 5.37. The number of nitrogens with zero attached hydrogens (tertiary/aromatic N) is 1. The maximum Gasteiger partial charge on any atom is 0.00218 e. The van der Waals surface area contributed by atoms with Gasteiger partial charge < -0.3 is 4.90 Å². The maximum atomic E-state index is 2.48. The number of benzene rings is 1. The fourth-order valence-electron chi connectivity index (χ4n) is 2.41. The molecule has 1 aromatic rings. The summed E-state index contributed by atoms with van der Waals surface area (Å²) in [5, 5.41) is 0. The van der Waals surface area contributed by atoms with E-state index in [1.54, 1.807) is 0 Å². The second-order valence-corrected chi connectivity index (χ2v) is 4.65. The summed E-state index contributed by atoms with van der Waals surface area (Å²) in [5.41, 5.74) is 5.81. The minimum absolute atomic E-state index is 1.15. The molecule has 0 fully saturated rings. The van der Waals surface area contributed by atoms with Crippen LogP contribution in [0.2, 0.25) is 0 Å². The summed E-state index contributed by atoms with van der Waals surface area (Å²) in [6.45, 7) is 14.6. The monoisotopic (exact) mass is 219 g/mol. The first-order valence-corrected chi connectivity index (χ1v) is 6.37. The van der Waals surface area contributed by atoms with Crippen LogP contribution in [-0.2, 0) is 6.42 Å². The highest BCUT2D eigenvalue weighted by Crippen LogP contribution is 2.17. The lowest BCUT2D eigenvalue weighted by atomic mass is 9.97. The summed E-state index contributed by atoms with van der Waals surface area (Å²) in [6.07, 6.45) is 1.18. The van der Waals surface area contributed by atoms with Crippen molar-refractivity contribution in [2.45, 2.75) is 41.0 Å². The SMILES string of the molecule is CCN(CC)CCc1c(C)cc(C)cc1C. The van der Waals surface area contributed by atoms with Crippen molar-refractivity contribution in [1.29, 1.82) is 0 Å². The van der Waals surface area contributed by atoms with Gasteiger partial charge in [0, 0.05) is 6.54 Å². The van der Waals surface area contributed by atoms with Crippen molar-refractivity contribution in [2.24, 2.45) is 0 Å². The summed E-state index contributed by atoms with van der Waals surface area (Å²) >= 11 is 0. The Bertz CT molecular complexity index is 314. The van der Waals surface area contributed by atoms with E-state index < -0.39 is 0 Å². The van der Waals surface area contributed by atoms with Gasteiger partial charge in [0.2, 0.25) is 0 Å². The van der Waals surface area contributed by atoms with Crippen LogP contribution in [0.4, 0.5) is 0 Å². The molecule has 1 aromatic carbocycles. The number of aryl methyl sites for hydroxylation is 3. The normalized spacial score (nSPS) is 11.1. The highest BCUT2D eigenvalue weighted by Gasteiger charge is 2.05. The van der Waals surface area contributed by atoms with Crippen molar-refractivity contribution in [2.75, 3.05) is 19.6 Å². The van der Waals surface area contributed by atoms with Gasteiger partial charge in [0.25, 0.3) is 0 Å². The van der Waals surface area contributed by atoms with Crippen LogP contribution in [0.5, 0.6) is 0 Å². The Morgan fingerprint density at radius 3 is 1.88 bits per heavy atom. The molecule has 0 unspecified atom stereocenters. The van der Waals surface area contributed by atoms with E-state index in [0.717, 1.165) is 13.1 Å². The minimum atomic E-state index is 1.15. The molecule has 1 nitrogen and oxygen atoms in total. The van der Waals surface area contributed by atoms with Gasteiger partial charge >= 0.3 is 0 Å². The molecular formula is C15H25N. The second-order valence-electron chi connectivity index (χ2n) is 4.65. The topological polar surface area (TPSA) is 3.24 Å². The lowest BCUT2D eigenvalue weighted by Crippen LogP contribution is -2.25. The van der Waals surface area contributed by atoms with Crippen molar-refractivity contribution in [3.8, 4) is 0 Å². The molecule has 0 radical (unpaired) electrons. The van der Waals surface area contributed by atoms with Crippen molar-refractivity contribution < 1.29 is 0 Å². The molecule has 0 saturated heterocycles. The van der Waals surface area contributed by atoms with Crippen LogP contribution in [0.25, 0.3) is 0 Å². The average Bonchev–Trinajstić information content (AvgIpc) is 2.22. The summed E-state index contributed by atoms with van der Waals surface area (Å²) in [5.74, 6) is 0. The molecule has 0 atom stereocenters. The average molecular weight is 219 g/mol. The molecule has 1 heteroatoms. The lowest BCUT2D eigenvalue weighted by molar-refractivity contribution is 0.307. The summed E-state index contributed by atoms with van der Waals surface area (Å²) in [7, 11) is 0. The minimum Gasteiger partial charge on any atom is -0.304 e. The molecule has 0 spiro atoms. The van der Waals surface area contributed by atoms with Gasteiger partial charge in [-0.25, -0.2) is 0 Å². The van der Waals surface area contributed by atoms with E-state index in [1.165, 1.54) is 35.2 Å². The van der Waals surface area contributed by atoms with E-state index in [4.69, 9.17) is 0 Å². The van der Waals surface area contributed by atoms with Gasteiger partial charge in [-0.1, -0.05) is 31.5 Å². The van der Waals surface area contributed by atoms with Crippen molar-refractivity contribution in [3.63, 3.8) is 0 Å². The van der Waals surface area contributed by atoms with E-state index in [2.05, 4.69) is 51.7 Å². The molecule has 0 aromatic heterocycles. The van der Waals surface area contributed by atoms with Crippen LogP contribution in [0.15, 0.2) is 12.1 Å². The first-order valence-electron chi connectivity index (χ1n) is 6.37. The largest absolute Gasteiger partial charge is 0.304 e. The Hall–Kier alpha value is -0.820. The third kappa shape index (κ3) is 3.34. The van der Waals surface area contributed by atoms with Gasteiger partial charge in [-0.15, -0.1) is 0 Å². The van der Waals surface area contributed by atoms with Crippen LogP contribution in [0, 0.1) is 20.8 Å². The molecule has 1 rings (SSSR count). The highest BCUT2D eigenvalue weighted by atomic mass is 15.1. The quantitative estimate of drug-likeness (QED) is 0.732. The summed E-state index contributed by atoms with van der Waals surface area (Å²) < 4.78 is 0. The standard InChI is InChI=1S/C15H25N/c1-6-16(7-2)9-8-15-13(4)10-12(3)11-14(15)5/h10-11H,6-9H2,1-5H3. The first-order chi connectivity index (χ1) is 7.58. The zero-order valence-corrected chi connectivity index (χ0v) is 11.4. The molecule has 0 aliphatic carbocycles. The molecule has 16 heavy (non-hydrogen) atoms. The van der Waals surface area contributed by atoms with E-state index in [1.807, 2.05) is 0 Å². The first kappa shape index (κ1) is 13.2. The van der Waals surface area contributed by atoms with E-state index in [0.29, 0.717) is 0 Å². The predicted molar refractivity (Wildman–Crippen MR) is 72.1 cm³/mol. The summed E-state index contributed by atoms with van der Waals surface area (Å²) in [4.78, 5) is 2.48. The van der Waals surface area contributed by atoms with Crippen LogP contribution in [-0.4, -0.2) is 24.5 Å². The van der Waals surface area contributed by atoms with E-state index in [-0.39, 0.29) is 0 Å². The van der Waals surface area contributed by atoms with Crippen LogP contribution in [0.3, 0.4) is 0 Å². The van der Waals surface area contributed by atoms with Gasteiger partial charge in [0.05, 0.1) is 0 Å². The molecule has 0 amide bonds. The van der Waals surface area contributed by atoms with Crippen molar-refractivity contribution >= 4 is 0 Å². The fraction of sp³-hybridized carbons (Fsp3) is 0.600. The number of hydrogen-bond donors (Lipinski definition) is 0. The summed E-state index contributed by atoms with van der Waals surface area (Å²) in [6, 6.07) is 4.59. The second kappa shape index (κ2) is 6.05. The molecule has 0 heterocycles. The Labute approximate surface area is 100 Å². The van der Waals surface area contributed by atoms with Gasteiger partial charge in [-0.3, -0.25) is 0 Å². The molecule has 0 saturated carbocycles. The third-order valence-electron chi connectivity index (χ3n) is 3.41. The van der Waals surface area contributed by atoms with E-state index >= 15 is 0 Å². The third-order valence-corrected chi connectivity index (χ3v) is 3.41. The molecule has 90 valence electrons. The van der Waals surface area contributed by atoms with Gasteiger partial charge in [-0.05, 0) is 57.0 Å². The fourth-order valence-corrected chi connectivity index (χ4v) is 2.41. The molecule has 0 aliphatic rings. The number of likely N-dealkylation sites (N-methyl/N-ethyl adjacent to an activating group) is 1. The zero-order valence-electron chi connectivity index (χ0n) is 11.4. The number of hydrogen-bond acceptors (Lipinski definition) is 1. The zero-order chi connectivity index (χ0) is 12.1. The molecule has 0 aliphatic heterocycles. The molecule has 0 bridgehead atoms. The maximum absolute atomic E-state index is 2.48. The Morgan fingerprint density at radius 2 is 1.44 bits per heavy atom. The Balaban J connectivity index is 2.74. The van der Waals surface area contributed by atoms with Crippen LogP contribution >= 0.6 is 0 Å². The van der Waals surface area contributed by atoms with Gasteiger partial charge in [0.15, 0.2) is 0 Å². The smallest absolute Gasteiger partial charge is 0.00218 e. The van der Waals surface area contributed by atoms with Crippen molar-refractivity contribution in [1.82, 2.24) is 4.90 Å². The predicted octanol–water partition coefficient (Wildman–Crippen LogP) is 3.50.